The number of likely N-dealkylation sites (N-methyl/N-ethyl adjacent to an activating group) is 1. The van der Waals surface area contributed by atoms with Crippen molar-refractivity contribution in [1.82, 2.24) is 10.2 Å². The topological polar surface area (TPSA) is 44.4 Å². The standard InChI is InChI=1S/C13H19N3O.ClH/c1-14-12-7-8-16(9-12)10-13(17)15-11-5-3-2-4-6-11;/h2-6,12,14H,7-10H2,1H3,(H,15,17);1H. The number of halogens is 1. The molecule has 0 saturated carbocycles. The summed E-state index contributed by atoms with van der Waals surface area (Å²) in [7, 11) is 1.97. The second-order valence-electron chi connectivity index (χ2n) is 4.42. The van der Waals surface area contributed by atoms with E-state index in [1.165, 1.54) is 0 Å². The Hall–Kier alpha value is -1.10. The van der Waals surface area contributed by atoms with Crippen molar-refractivity contribution < 1.29 is 4.79 Å². The van der Waals surface area contributed by atoms with Crippen LogP contribution in [0.1, 0.15) is 6.42 Å². The number of amides is 1. The molecule has 0 radical (unpaired) electrons. The van der Waals surface area contributed by atoms with Crippen molar-refractivity contribution in [3.8, 4) is 0 Å². The smallest absolute Gasteiger partial charge is 0.238 e. The van der Waals surface area contributed by atoms with Gasteiger partial charge in [-0.1, -0.05) is 18.2 Å². The second-order valence-corrected chi connectivity index (χ2v) is 4.42. The normalized spacial score (nSPS) is 19.3. The Kier molecular flexibility index (Phi) is 6.12. The number of carbonyl (C=O) groups excluding carboxylic acids is 1. The van der Waals surface area contributed by atoms with E-state index < -0.39 is 0 Å². The van der Waals surface area contributed by atoms with Crippen LogP contribution >= 0.6 is 12.4 Å². The van der Waals surface area contributed by atoms with Gasteiger partial charge in [-0.3, -0.25) is 9.69 Å². The lowest BCUT2D eigenvalue weighted by atomic mass is 10.3. The fraction of sp³-hybridized carbons (Fsp3) is 0.462. The zero-order valence-electron chi connectivity index (χ0n) is 10.6. The number of para-hydroxylation sites is 1. The van der Waals surface area contributed by atoms with Gasteiger partial charge in [0, 0.05) is 24.8 Å². The third kappa shape index (κ3) is 4.29. The van der Waals surface area contributed by atoms with Gasteiger partial charge in [0.15, 0.2) is 0 Å². The number of hydrogen-bond donors (Lipinski definition) is 2. The van der Waals surface area contributed by atoms with Crippen LogP contribution in [0.3, 0.4) is 0 Å². The van der Waals surface area contributed by atoms with E-state index in [9.17, 15) is 4.79 Å². The van der Waals surface area contributed by atoms with Crippen LogP contribution in [0.2, 0.25) is 0 Å². The van der Waals surface area contributed by atoms with E-state index in [-0.39, 0.29) is 18.3 Å². The average molecular weight is 270 g/mol. The fourth-order valence-corrected chi connectivity index (χ4v) is 2.14. The van der Waals surface area contributed by atoms with Crippen LogP contribution in [-0.2, 0) is 4.79 Å². The van der Waals surface area contributed by atoms with Crippen LogP contribution in [0.5, 0.6) is 0 Å². The van der Waals surface area contributed by atoms with Crippen LogP contribution in [0.4, 0.5) is 5.69 Å². The van der Waals surface area contributed by atoms with Crippen molar-refractivity contribution in [1.29, 1.82) is 0 Å². The molecule has 0 spiro atoms. The Morgan fingerprint density at radius 3 is 2.72 bits per heavy atom. The van der Waals surface area contributed by atoms with Crippen molar-refractivity contribution >= 4 is 24.0 Å². The molecular weight excluding hydrogens is 250 g/mol. The number of anilines is 1. The van der Waals surface area contributed by atoms with Gasteiger partial charge in [0.2, 0.25) is 5.91 Å². The van der Waals surface area contributed by atoms with Crippen LogP contribution in [-0.4, -0.2) is 43.5 Å². The molecule has 1 aliphatic heterocycles. The molecule has 0 aromatic heterocycles. The molecule has 100 valence electrons. The minimum absolute atomic E-state index is 0. The van der Waals surface area contributed by atoms with E-state index in [0.29, 0.717) is 12.6 Å². The number of benzene rings is 1. The lowest BCUT2D eigenvalue weighted by Crippen LogP contribution is -2.34. The molecule has 4 nitrogen and oxygen atoms in total. The number of nitrogens with zero attached hydrogens (tertiary/aromatic N) is 1. The highest BCUT2D eigenvalue weighted by molar-refractivity contribution is 5.92. The van der Waals surface area contributed by atoms with Crippen LogP contribution < -0.4 is 10.6 Å². The molecule has 1 aliphatic rings. The molecule has 0 aliphatic carbocycles. The van der Waals surface area contributed by atoms with Crippen molar-refractivity contribution in [3.63, 3.8) is 0 Å². The number of nitrogens with one attached hydrogen (secondary N) is 2. The predicted molar refractivity (Wildman–Crippen MR) is 76.2 cm³/mol. The number of carbonyl (C=O) groups is 1. The summed E-state index contributed by atoms with van der Waals surface area (Å²) in [6, 6.07) is 10.1. The first-order chi connectivity index (χ1) is 8.28. The summed E-state index contributed by atoms with van der Waals surface area (Å²) in [6.45, 7) is 2.43. The summed E-state index contributed by atoms with van der Waals surface area (Å²) in [5.74, 6) is 0.0629. The Morgan fingerprint density at radius 2 is 2.11 bits per heavy atom. The third-order valence-electron chi connectivity index (χ3n) is 3.11. The molecular formula is C13H20ClN3O. The molecule has 1 unspecified atom stereocenters. The molecule has 5 heteroatoms. The van der Waals surface area contributed by atoms with Crippen LogP contribution in [0.15, 0.2) is 30.3 Å². The van der Waals surface area contributed by atoms with Gasteiger partial charge in [0.05, 0.1) is 6.54 Å². The fourth-order valence-electron chi connectivity index (χ4n) is 2.14. The Morgan fingerprint density at radius 1 is 1.39 bits per heavy atom. The van der Waals surface area contributed by atoms with Gasteiger partial charge in [0.1, 0.15) is 0 Å². The van der Waals surface area contributed by atoms with Gasteiger partial charge in [-0.05, 0) is 25.6 Å². The Labute approximate surface area is 114 Å². The maximum atomic E-state index is 11.8. The maximum Gasteiger partial charge on any atom is 0.238 e. The minimum Gasteiger partial charge on any atom is -0.325 e. The monoisotopic (exact) mass is 269 g/mol. The largest absolute Gasteiger partial charge is 0.325 e. The molecule has 1 amide bonds. The highest BCUT2D eigenvalue weighted by Gasteiger charge is 2.22. The lowest BCUT2D eigenvalue weighted by molar-refractivity contribution is -0.117. The maximum absolute atomic E-state index is 11.8. The average Bonchev–Trinajstić information content (AvgIpc) is 2.78. The summed E-state index contributed by atoms with van der Waals surface area (Å²) < 4.78 is 0. The van der Waals surface area contributed by atoms with Gasteiger partial charge in [-0.25, -0.2) is 0 Å². The molecule has 2 rings (SSSR count). The van der Waals surface area contributed by atoms with E-state index >= 15 is 0 Å². The highest BCUT2D eigenvalue weighted by Crippen LogP contribution is 2.09. The molecule has 1 fully saturated rings. The van der Waals surface area contributed by atoms with Gasteiger partial charge in [0.25, 0.3) is 0 Å². The minimum atomic E-state index is 0. The SMILES string of the molecule is CNC1CCN(CC(=O)Nc2ccccc2)C1.Cl. The first kappa shape index (κ1) is 15.0. The number of rotatable bonds is 4. The van der Waals surface area contributed by atoms with Crippen molar-refractivity contribution in [2.45, 2.75) is 12.5 Å². The van der Waals surface area contributed by atoms with E-state index in [1.54, 1.807) is 0 Å². The summed E-state index contributed by atoms with van der Waals surface area (Å²) in [5, 5.41) is 6.14. The third-order valence-corrected chi connectivity index (χ3v) is 3.11. The van der Waals surface area contributed by atoms with Crippen molar-refractivity contribution in [2.24, 2.45) is 0 Å². The van der Waals surface area contributed by atoms with E-state index in [1.807, 2.05) is 37.4 Å². The molecule has 18 heavy (non-hydrogen) atoms. The van der Waals surface area contributed by atoms with Gasteiger partial charge in [-0.2, -0.15) is 0 Å². The van der Waals surface area contributed by atoms with Crippen LogP contribution in [0.25, 0.3) is 0 Å². The molecule has 1 aromatic carbocycles. The predicted octanol–water partition coefficient (Wildman–Crippen LogP) is 1.34. The lowest BCUT2D eigenvalue weighted by Gasteiger charge is -2.15. The molecule has 1 saturated heterocycles. The second kappa shape index (κ2) is 7.36. The number of likely N-dealkylation sites (tertiary alicyclic amines) is 1. The molecule has 0 bridgehead atoms. The van der Waals surface area contributed by atoms with Crippen LogP contribution in [0, 0.1) is 0 Å². The Bertz CT molecular complexity index is 372. The van der Waals surface area contributed by atoms with E-state index in [4.69, 9.17) is 0 Å². The molecule has 1 heterocycles. The molecule has 1 atom stereocenters. The van der Waals surface area contributed by atoms with E-state index in [0.717, 1.165) is 25.2 Å². The van der Waals surface area contributed by atoms with Gasteiger partial charge in [-0.15, -0.1) is 12.4 Å². The summed E-state index contributed by atoms with van der Waals surface area (Å²) in [4.78, 5) is 14.0. The van der Waals surface area contributed by atoms with Gasteiger partial charge < -0.3 is 10.6 Å². The zero-order chi connectivity index (χ0) is 12.1. The quantitative estimate of drug-likeness (QED) is 0.867. The van der Waals surface area contributed by atoms with Crippen molar-refractivity contribution in [3.05, 3.63) is 30.3 Å². The van der Waals surface area contributed by atoms with Gasteiger partial charge >= 0.3 is 0 Å². The summed E-state index contributed by atoms with van der Waals surface area (Å²) in [5.41, 5.74) is 0.863. The zero-order valence-corrected chi connectivity index (χ0v) is 11.4. The molecule has 2 N–H and O–H groups in total. The van der Waals surface area contributed by atoms with E-state index in [2.05, 4.69) is 15.5 Å². The first-order valence-electron chi connectivity index (χ1n) is 6.02. The van der Waals surface area contributed by atoms with Crippen molar-refractivity contribution in [2.75, 3.05) is 32.0 Å². The summed E-state index contributed by atoms with van der Waals surface area (Å²) in [6.07, 6.45) is 1.12. The first-order valence-corrected chi connectivity index (χ1v) is 6.02. The molecule has 1 aromatic rings. The number of hydrogen-bond acceptors (Lipinski definition) is 3. The summed E-state index contributed by atoms with van der Waals surface area (Å²) >= 11 is 0. The Balaban J connectivity index is 0.00000162. The highest BCUT2D eigenvalue weighted by atomic mass is 35.5.